The topological polar surface area (TPSA) is 60.2 Å². The number of para-hydroxylation sites is 1. The van der Waals surface area contributed by atoms with Crippen molar-refractivity contribution in [3.63, 3.8) is 0 Å². The van der Waals surface area contributed by atoms with E-state index >= 15 is 0 Å². The van der Waals surface area contributed by atoms with E-state index in [9.17, 15) is 0 Å². The molecule has 1 atom stereocenters. The van der Waals surface area contributed by atoms with Crippen LogP contribution in [0, 0.1) is 6.92 Å². The zero-order valence-electron chi connectivity index (χ0n) is 10.1. The number of aryl methyl sites for hydroxylation is 1. The van der Waals surface area contributed by atoms with E-state index in [1.807, 2.05) is 12.4 Å². The van der Waals surface area contributed by atoms with Crippen molar-refractivity contribution in [2.24, 2.45) is 5.84 Å². The van der Waals surface area contributed by atoms with E-state index in [4.69, 9.17) is 10.6 Å². The molecule has 2 heterocycles. The number of hydrogen-bond acceptors (Lipinski definition) is 5. The molecule has 0 radical (unpaired) electrons. The lowest BCUT2D eigenvalue weighted by Crippen LogP contribution is -2.29. The molecule has 5 heteroatoms. The molecule has 94 valence electrons. The van der Waals surface area contributed by atoms with Crippen LogP contribution in [-0.4, -0.2) is 11.6 Å². The first-order valence-electron chi connectivity index (χ1n) is 5.92. The normalized spacial score (nSPS) is 15.2. The fourth-order valence-electron chi connectivity index (χ4n) is 2.36. The number of hydrazine groups is 1. The number of thiazole rings is 1. The van der Waals surface area contributed by atoms with Gasteiger partial charge in [-0.15, -0.1) is 11.3 Å². The summed E-state index contributed by atoms with van der Waals surface area (Å²) in [7, 11) is 0. The molecule has 4 nitrogen and oxygen atoms in total. The van der Waals surface area contributed by atoms with E-state index in [1.54, 1.807) is 11.3 Å². The van der Waals surface area contributed by atoms with Gasteiger partial charge < -0.3 is 4.74 Å². The largest absolute Gasteiger partial charge is 0.493 e. The van der Waals surface area contributed by atoms with Crippen molar-refractivity contribution in [2.75, 3.05) is 6.61 Å². The molecule has 0 fully saturated rings. The first kappa shape index (κ1) is 11.6. The minimum atomic E-state index is -0.0504. The lowest BCUT2D eigenvalue weighted by Gasteiger charge is -2.18. The van der Waals surface area contributed by atoms with Crippen molar-refractivity contribution in [3.8, 4) is 5.75 Å². The highest BCUT2D eigenvalue weighted by Gasteiger charge is 2.24. The molecule has 1 aliphatic rings. The molecule has 1 aliphatic heterocycles. The van der Waals surface area contributed by atoms with Crippen LogP contribution < -0.4 is 16.0 Å². The maximum atomic E-state index is 5.74. The zero-order chi connectivity index (χ0) is 12.5. The third kappa shape index (κ3) is 1.80. The summed E-state index contributed by atoms with van der Waals surface area (Å²) in [5, 5.41) is 0. The SMILES string of the molecule is Cc1ncsc1C(NN)c1cccc2c1OCC2. The van der Waals surface area contributed by atoms with Crippen molar-refractivity contribution < 1.29 is 4.74 Å². The van der Waals surface area contributed by atoms with Gasteiger partial charge in [0.2, 0.25) is 0 Å². The molecule has 0 bridgehead atoms. The molecule has 0 aliphatic carbocycles. The molecule has 1 aromatic carbocycles. The lowest BCUT2D eigenvalue weighted by molar-refractivity contribution is 0.350. The summed E-state index contributed by atoms with van der Waals surface area (Å²) in [4.78, 5) is 5.43. The van der Waals surface area contributed by atoms with Crippen LogP contribution in [0.3, 0.4) is 0 Å². The predicted molar refractivity (Wildman–Crippen MR) is 71.7 cm³/mol. The van der Waals surface area contributed by atoms with Crippen LogP contribution in [0.15, 0.2) is 23.7 Å². The molecule has 0 spiro atoms. The minimum Gasteiger partial charge on any atom is -0.493 e. The summed E-state index contributed by atoms with van der Waals surface area (Å²) in [6.45, 7) is 2.76. The highest BCUT2D eigenvalue weighted by atomic mass is 32.1. The van der Waals surface area contributed by atoms with Crippen molar-refractivity contribution in [1.29, 1.82) is 0 Å². The van der Waals surface area contributed by atoms with Gasteiger partial charge in [0.15, 0.2) is 0 Å². The molecule has 0 saturated carbocycles. The van der Waals surface area contributed by atoms with Crippen LogP contribution in [0.5, 0.6) is 5.75 Å². The summed E-state index contributed by atoms with van der Waals surface area (Å²) < 4.78 is 5.74. The Kier molecular flexibility index (Phi) is 3.03. The van der Waals surface area contributed by atoms with Gasteiger partial charge in [-0.3, -0.25) is 5.84 Å². The average Bonchev–Trinajstić information content (AvgIpc) is 3.00. The molecule has 1 aromatic heterocycles. The summed E-state index contributed by atoms with van der Waals surface area (Å²) in [5.41, 5.74) is 8.10. The van der Waals surface area contributed by atoms with Gasteiger partial charge in [-0.1, -0.05) is 18.2 Å². The number of aromatic nitrogens is 1. The molecule has 3 rings (SSSR count). The van der Waals surface area contributed by atoms with Crippen LogP contribution in [0.4, 0.5) is 0 Å². The Morgan fingerprint density at radius 1 is 1.50 bits per heavy atom. The van der Waals surface area contributed by atoms with Gasteiger partial charge >= 0.3 is 0 Å². The smallest absolute Gasteiger partial charge is 0.127 e. The standard InChI is InChI=1S/C13H15N3OS/c1-8-13(18-7-15-8)11(16-14)10-4-2-3-9-5-6-17-12(9)10/h2-4,7,11,16H,5-6,14H2,1H3. The summed E-state index contributed by atoms with van der Waals surface area (Å²) in [5.74, 6) is 6.71. The average molecular weight is 261 g/mol. The fourth-order valence-corrected chi connectivity index (χ4v) is 3.24. The van der Waals surface area contributed by atoms with E-state index in [1.165, 1.54) is 5.56 Å². The molecule has 0 saturated heterocycles. The van der Waals surface area contributed by atoms with Gasteiger partial charge in [0.1, 0.15) is 5.75 Å². The van der Waals surface area contributed by atoms with E-state index in [-0.39, 0.29) is 6.04 Å². The lowest BCUT2D eigenvalue weighted by atomic mass is 10.0. The van der Waals surface area contributed by atoms with Crippen molar-refractivity contribution >= 4 is 11.3 Å². The van der Waals surface area contributed by atoms with Crippen LogP contribution >= 0.6 is 11.3 Å². The van der Waals surface area contributed by atoms with Gasteiger partial charge in [0.05, 0.1) is 28.7 Å². The molecular formula is C13H15N3OS. The fraction of sp³-hybridized carbons (Fsp3) is 0.308. The number of benzene rings is 1. The number of fused-ring (bicyclic) bond motifs is 1. The van der Waals surface area contributed by atoms with Crippen LogP contribution in [0.2, 0.25) is 0 Å². The molecule has 18 heavy (non-hydrogen) atoms. The highest BCUT2D eigenvalue weighted by molar-refractivity contribution is 7.09. The number of ether oxygens (including phenoxy) is 1. The Hall–Kier alpha value is -1.43. The zero-order valence-corrected chi connectivity index (χ0v) is 11.0. The summed E-state index contributed by atoms with van der Waals surface area (Å²) in [6.07, 6.45) is 0.974. The third-order valence-electron chi connectivity index (χ3n) is 3.27. The monoisotopic (exact) mass is 261 g/mol. The Bertz CT molecular complexity index is 567. The second-order valence-corrected chi connectivity index (χ2v) is 5.22. The van der Waals surface area contributed by atoms with Crippen LogP contribution in [0.1, 0.15) is 27.7 Å². The van der Waals surface area contributed by atoms with E-state index < -0.39 is 0 Å². The first-order chi connectivity index (χ1) is 8.81. The maximum Gasteiger partial charge on any atom is 0.127 e. The van der Waals surface area contributed by atoms with Gasteiger partial charge in [-0.25, -0.2) is 10.4 Å². The van der Waals surface area contributed by atoms with Gasteiger partial charge in [-0.05, 0) is 12.5 Å². The molecule has 0 amide bonds. The summed E-state index contributed by atoms with van der Waals surface area (Å²) >= 11 is 1.61. The number of hydrogen-bond donors (Lipinski definition) is 2. The molecule has 3 N–H and O–H groups in total. The van der Waals surface area contributed by atoms with Gasteiger partial charge in [0, 0.05) is 12.0 Å². The highest BCUT2D eigenvalue weighted by Crippen LogP contribution is 2.37. The molecule has 2 aromatic rings. The van der Waals surface area contributed by atoms with E-state index in [0.29, 0.717) is 0 Å². The van der Waals surface area contributed by atoms with Crippen molar-refractivity contribution in [2.45, 2.75) is 19.4 Å². The van der Waals surface area contributed by atoms with Gasteiger partial charge in [-0.2, -0.15) is 0 Å². The van der Waals surface area contributed by atoms with Crippen molar-refractivity contribution in [3.05, 3.63) is 45.4 Å². The predicted octanol–water partition coefficient (Wildman–Crippen LogP) is 1.94. The summed E-state index contributed by atoms with van der Waals surface area (Å²) in [6, 6.07) is 6.18. The second-order valence-electron chi connectivity index (χ2n) is 4.34. The quantitative estimate of drug-likeness (QED) is 0.655. The Morgan fingerprint density at radius 3 is 3.11 bits per heavy atom. The minimum absolute atomic E-state index is 0.0504. The number of nitrogens with zero attached hydrogens (tertiary/aromatic N) is 1. The number of nitrogens with two attached hydrogens (primary N) is 1. The third-order valence-corrected chi connectivity index (χ3v) is 4.26. The number of rotatable bonds is 3. The second kappa shape index (κ2) is 4.68. The van der Waals surface area contributed by atoms with Crippen LogP contribution in [-0.2, 0) is 6.42 Å². The van der Waals surface area contributed by atoms with E-state index in [0.717, 1.165) is 34.9 Å². The maximum absolute atomic E-state index is 5.74. The molecule has 1 unspecified atom stereocenters. The number of nitrogens with one attached hydrogen (secondary N) is 1. The first-order valence-corrected chi connectivity index (χ1v) is 6.80. The van der Waals surface area contributed by atoms with Crippen LogP contribution in [0.25, 0.3) is 0 Å². The van der Waals surface area contributed by atoms with E-state index in [2.05, 4.69) is 28.6 Å². The Balaban J connectivity index is 2.08. The van der Waals surface area contributed by atoms with Crippen molar-refractivity contribution in [1.82, 2.24) is 10.4 Å². The molecular weight excluding hydrogens is 246 g/mol. The Morgan fingerprint density at radius 2 is 2.39 bits per heavy atom. The Labute approximate surface area is 110 Å². The van der Waals surface area contributed by atoms with Gasteiger partial charge in [0.25, 0.3) is 0 Å².